The largest absolute Gasteiger partial charge is 0.353 e. The molecule has 0 saturated heterocycles. The van der Waals surface area contributed by atoms with E-state index in [9.17, 15) is 9.59 Å². The topological polar surface area (TPSA) is 83.1 Å². The van der Waals surface area contributed by atoms with Crippen molar-refractivity contribution in [2.45, 2.75) is 31.7 Å². The summed E-state index contributed by atoms with van der Waals surface area (Å²) in [5, 5.41) is 8.57. The van der Waals surface area contributed by atoms with Crippen molar-refractivity contribution < 1.29 is 9.59 Å². The minimum absolute atomic E-state index is 0.0528. The van der Waals surface area contributed by atoms with Crippen LogP contribution in [0, 0.1) is 0 Å². The molecule has 0 radical (unpaired) electrons. The number of nitrogens with one attached hydrogen (secondary N) is 3. The van der Waals surface area contributed by atoms with Gasteiger partial charge in [-0.15, -0.1) is 0 Å². The van der Waals surface area contributed by atoms with Crippen molar-refractivity contribution in [2.24, 2.45) is 0 Å². The second-order valence-corrected chi connectivity index (χ2v) is 6.20. The molecule has 3 N–H and O–H groups in total. The zero-order valence-electron chi connectivity index (χ0n) is 14.0. The van der Waals surface area contributed by atoms with Crippen LogP contribution in [0.1, 0.15) is 24.0 Å². The number of aromatic nitrogens is 1. The fraction of sp³-hybridized carbons (Fsp3) is 0.316. The van der Waals surface area contributed by atoms with Crippen molar-refractivity contribution in [3.8, 4) is 0 Å². The van der Waals surface area contributed by atoms with E-state index >= 15 is 0 Å². The molecule has 0 atom stereocenters. The van der Waals surface area contributed by atoms with Gasteiger partial charge in [0.25, 0.3) is 0 Å². The third kappa shape index (κ3) is 5.91. The van der Waals surface area contributed by atoms with Crippen LogP contribution in [0.3, 0.4) is 0 Å². The molecule has 6 nitrogen and oxygen atoms in total. The van der Waals surface area contributed by atoms with Crippen molar-refractivity contribution in [3.63, 3.8) is 0 Å². The normalized spacial score (nSPS) is 13.1. The molecule has 0 bridgehead atoms. The first-order valence-electron chi connectivity index (χ1n) is 8.51. The highest BCUT2D eigenvalue weighted by Gasteiger charge is 2.22. The first-order valence-corrected chi connectivity index (χ1v) is 8.51. The number of urea groups is 1. The number of rotatable bonds is 7. The second kappa shape index (κ2) is 8.28. The highest BCUT2D eigenvalue weighted by Crippen LogP contribution is 2.19. The molecule has 3 amide bonds. The summed E-state index contributed by atoms with van der Waals surface area (Å²) < 4.78 is 0. The van der Waals surface area contributed by atoms with Gasteiger partial charge in [0.05, 0.1) is 6.42 Å². The molecule has 2 aromatic rings. The van der Waals surface area contributed by atoms with Gasteiger partial charge in [0.1, 0.15) is 0 Å². The Kier molecular flexibility index (Phi) is 5.61. The van der Waals surface area contributed by atoms with E-state index in [2.05, 4.69) is 20.9 Å². The van der Waals surface area contributed by atoms with Gasteiger partial charge in [0, 0.05) is 30.7 Å². The van der Waals surface area contributed by atoms with Crippen LogP contribution in [0.25, 0.3) is 0 Å². The number of amides is 3. The minimum atomic E-state index is -0.242. The van der Waals surface area contributed by atoms with E-state index in [0.717, 1.165) is 30.4 Å². The minimum Gasteiger partial charge on any atom is -0.353 e. The highest BCUT2D eigenvalue weighted by atomic mass is 16.2. The predicted molar refractivity (Wildman–Crippen MR) is 96.3 cm³/mol. The summed E-state index contributed by atoms with van der Waals surface area (Å²) in [6.45, 7) is 0.551. The smallest absolute Gasteiger partial charge is 0.319 e. The molecule has 1 aromatic carbocycles. The summed E-state index contributed by atoms with van der Waals surface area (Å²) in [6.07, 6.45) is 6.78. The van der Waals surface area contributed by atoms with Gasteiger partial charge in [0.15, 0.2) is 0 Å². The number of carbonyl (C=O) groups excluding carboxylic acids is 2. The van der Waals surface area contributed by atoms with Gasteiger partial charge in [-0.2, -0.15) is 0 Å². The number of hydrogen-bond acceptors (Lipinski definition) is 3. The number of anilines is 1. The number of carbonyl (C=O) groups is 2. The van der Waals surface area contributed by atoms with Gasteiger partial charge in [0.2, 0.25) is 5.91 Å². The lowest BCUT2D eigenvalue weighted by Crippen LogP contribution is -2.30. The van der Waals surface area contributed by atoms with E-state index in [0.29, 0.717) is 24.7 Å². The maximum absolute atomic E-state index is 11.9. The summed E-state index contributed by atoms with van der Waals surface area (Å²) in [7, 11) is 0. The van der Waals surface area contributed by atoms with E-state index in [4.69, 9.17) is 0 Å². The van der Waals surface area contributed by atoms with Crippen LogP contribution in [0.2, 0.25) is 0 Å². The summed E-state index contributed by atoms with van der Waals surface area (Å²) in [6, 6.07) is 11.3. The zero-order chi connectivity index (χ0) is 17.5. The molecule has 1 fully saturated rings. The summed E-state index contributed by atoms with van der Waals surface area (Å²) in [5.41, 5.74) is 2.76. The molecule has 0 spiro atoms. The van der Waals surface area contributed by atoms with E-state index < -0.39 is 0 Å². The van der Waals surface area contributed by atoms with Crippen LogP contribution in [0.5, 0.6) is 0 Å². The number of pyridine rings is 1. The molecule has 1 aromatic heterocycles. The Bertz CT molecular complexity index is 712. The van der Waals surface area contributed by atoms with Crippen LogP contribution >= 0.6 is 0 Å². The van der Waals surface area contributed by atoms with Crippen LogP contribution in [-0.4, -0.2) is 29.5 Å². The highest BCUT2D eigenvalue weighted by molar-refractivity contribution is 5.89. The molecular formula is C19H22N4O2. The number of nitrogens with zero attached hydrogens (tertiary/aromatic N) is 1. The SMILES string of the molecule is O=C(Cc1ccc(NC(=O)NCCc2ccncc2)cc1)NC1CC1. The van der Waals surface area contributed by atoms with Gasteiger partial charge in [-0.3, -0.25) is 9.78 Å². The number of benzene rings is 1. The first kappa shape index (κ1) is 17.0. The quantitative estimate of drug-likeness (QED) is 0.724. The third-order valence-corrected chi connectivity index (χ3v) is 3.97. The molecule has 0 aliphatic heterocycles. The summed E-state index contributed by atoms with van der Waals surface area (Å²) in [4.78, 5) is 27.6. The molecule has 3 rings (SSSR count). The molecule has 130 valence electrons. The molecule has 1 aliphatic carbocycles. The molecule has 25 heavy (non-hydrogen) atoms. The lowest BCUT2D eigenvalue weighted by Gasteiger charge is -2.09. The molecule has 0 unspecified atom stereocenters. The molecule has 1 heterocycles. The summed E-state index contributed by atoms with van der Waals surface area (Å²) in [5.74, 6) is 0.0528. The van der Waals surface area contributed by atoms with Gasteiger partial charge >= 0.3 is 6.03 Å². The Balaban J connectivity index is 1.39. The standard InChI is InChI=1S/C19H22N4O2/c24-18(22-16-5-6-16)13-15-1-3-17(4-2-15)23-19(25)21-12-9-14-7-10-20-11-8-14/h1-4,7-8,10-11,16H,5-6,9,12-13H2,(H,22,24)(H2,21,23,25). The molecular weight excluding hydrogens is 316 g/mol. The van der Waals surface area contributed by atoms with Crippen LogP contribution < -0.4 is 16.0 Å². The molecule has 6 heteroatoms. The van der Waals surface area contributed by atoms with Crippen molar-refractivity contribution in [3.05, 3.63) is 59.9 Å². The van der Waals surface area contributed by atoms with Crippen molar-refractivity contribution in [2.75, 3.05) is 11.9 Å². The van der Waals surface area contributed by atoms with E-state index in [1.807, 2.05) is 36.4 Å². The first-order chi connectivity index (χ1) is 12.2. The Morgan fingerprint density at radius 2 is 1.72 bits per heavy atom. The lowest BCUT2D eigenvalue weighted by molar-refractivity contribution is -0.120. The van der Waals surface area contributed by atoms with Crippen molar-refractivity contribution in [1.82, 2.24) is 15.6 Å². The van der Waals surface area contributed by atoms with E-state index in [1.165, 1.54) is 0 Å². The molecule has 1 saturated carbocycles. The monoisotopic (exact) mass is 338 g/mol. The average Bonchev–Trinajstić information content (AvgIpc) is 3.41. The Morgan fingerprint density at radius 3 is 2.40 bits per heavy atom. The van der Waals surface area contributed by atoms with Gasteiger partial charge < -0.3 is 16.0 Å². The van der Waals surface area contributed by atoms with Crippen molar-refractivity contribution >= 4 is 17.6 Å². The Labute approximate surface area is 147 Å². The summed E-state index contributed by atoms with van der Waals surface area (Å²) >= 11 is 0. The van der Waals surface area contributed by atoms with Gasteiger partial charge in [-0.05, 0) is 54.7 Å². The molecule has 1 aliphatic rings. The maximum atomic E-state index is 11.9. The van der Waals surface area contributed by atoms with E-state index in [-0.39, 0.29) is 11.9 Å². The lowest BCUT2D eigenvalue weighted by atomic mass is 10.1. The second-order valence-electron chi connectivity index (χ2n) is 6.20. The third-order valence-electron chi connectivity index (χ3n) is 3.97. The Hall–Kier alpha value is -2.89. The van der Waals surface area contributed by atoms with Crippen LogP contribution in [0.4, 0.5) is 10.5 Å². The number of hydrogen-bond donors (Lipinski definition) is 3. The fourth-order valence-electron chi connectivity index (χ4n) is 2.44. The fourth-order valence-corrected chi connectivity index (χ4v) is 2.44. The van der Waals surface area contributed by atoms with Gasteiger partial charge in [-0.25, -0.2) is 4.79 Å². The predicted octanol–water partition coefficient (Wildman–Crippen LogP) is 2.27. The van der Waals surface area contributed by atoms with Crippen LogP contribution in [-0.2, 0) is 17.6 Å². The Morgan fingerprint density at radius 1 is 1.00 bits per heavy atom. The zero-order valence-corrected chi connectivity index (χ0v) is 14.0. The average molecular weight is 338 g/mol. The van der Waals surface area contributed by atoms with Gasteiger partial charge in [-0.1, -0.05) is 12.1 Å². The van der Waals surface area contributed by atoms with Crippen LogP contribution in [0.15, 0.2) is 48.8 Å². The maximum Gasteiger partial charge on any atom is 0.319 e. The van der Waals surface area contributed by atoms with Crippen molar-refractivity contribution in [1.29, 1.82) is 0 Å². The van der Waals surface area contributed by atoms with E-state index in [1.54, 1.807) is 12.4 Å².